The van der Waals surface area contributed by atoms with Crippen LogP contribution in [0.3, 0.4) is 0 Å². The van der Waals surface area contributed by atoms with Gasteiger partial charge in [0, 0.05) is 13.1 Å². The Morgan fingerprint density at radius 2 is 1.67 bits per heavy atom. The molecule has 0 spiro atoms. The third-order valence-electron chi connectivity index (χ3n) is 6.95. The van der Waals surface area contributed by atoms with Gasteiger partial charge in [0.15, 0.2) is 0 Å². The zero-order valence-electron chi connectivity index (χ0n) is 17.2. The SMILES string of the molecule is O=C(O)[C@@H]1CCCN1C(=O)[C@H]1C[C@@H]2CCCC[C@@H]2CN1C(=O)OCc1ccccc1. The molecule has 1 aromatic rings. The van der Waals surface area contributed by atoms with E-state index in [1.807, 2.05) is 30.3 Å². The van der Waals surface area contributed by atoms with Gasteiger partial charge in [-0.2, -0.15) is 0 Å². The van der Waals surface area contributed by atoms with E-state index < -0.39 is 24.1 Å². The van der Waals surface area contributed by atoms with Crippen LogP contribution in [0.2, 0.25) is 0 Å². The summed E-state index contributed by atoms with van der Waals surface area (Å²) in [4.78, 5) is 41.0. The lowest BCUT2D eigenvalue weighted by molar-refractivity contribution is -0.151. The van der Waals surface area contributed by atoms with Crippen molar-refractivity contribution in [3.8, 4) is 0 Å². The van der Waals surface area contributed by atoms with Crippen LogP contribution in [0.25, 0.3) is 0 Å². The van der Waals surface area contributed by atoms with Gasteiger partial charge in [0.05, 0.1) is 0 Å². The summed E-state index contributed by atoms with van der Waals surface area (Å²) < 4.78 is 5.56. The van der Waals surface area contributed by atoms with Crippen LogP contribution in [0.4, 0.5) is 4.79 Å². The monoisotopic (exact) mass is 414 g/mol. The highest BCUT2D eigenvalue weighted by atomic mass is 16.6. The smallest absolute Gasteiger partial charge is 0.410 e. The molecule has 1 aliphatic carbocycles. The number of aliphatic carboxylic acids is 1. The van der Waals surface area contributed by atoms with Crippen LogP contribution in [-0.2, 0) is 20.9 Å². The quantitative estimate of drug-likeness (QED) is 0.817. The number of hydrogen-bond donors (Lipinski definition) is 1. The third-order valence-corrected chi connectivity index (χ3v) is 6.95. The first-order chi connectivity index (χ1) is 14.5. The molecular formula is C23H30N2O5. The zero-order valence-corrected chi connectivity index (χ0v) is 17.2. The lowest BCUT2D eigenvalue weighted by Crippen LogP contribution is -2.58. The van der Waals surface area contributed by atoms with Gasteiger partial charge >= 0.3 is 12.1 Å². The third kappa shape index (κ3) is 4.30. The molecule has 162 valence electrons. The number of piperidine rings is 1. The van der Waals surface area contributed by atoms with E-state index in [4.69, 9.17) is 4.74 Å². The number of likely N-dealkylation sites (tertiary alicyclic amines) is 2. The van der Waals surface area contributed by atoms with Gasteiger partial charge in [-0.3, -0.25) is 9.69 Å². The summed E-state index contributed by atoms with van der Waals surface area (Å²) in [5.41, 5.74) is 0.895. The van der Waals surface area contributed by atoms with Gasteiger partial charge in [-0.15, -0.1) is 0 Å². The Labute approximate surface area is 177 Å². The molecule has 2 saturated heterocycles. The molecule has 1 saturated carbocycles. The molecule has 4 rings (SSSR count). The van der Waals surface area contributed by atoms with Gasteiger partial charge < -0.3 is 14.7 Å². The van der Waals surface area contributed by atoms with Crippen molar-refractivity contribution in [2.75, 3.05) is 13.1 Å². The van der Waals surface area contributed by atoms with E-state index in [2.05, 4.69) is 0 Å². The molecule has 4 atom stereocenters. The van der Waals surface area contributed by atoms with Crippen molar-refractivity contribution < 1.29 is 24.2 Å². The second-order valence-electron chi connectivity index (χ2n) is 8.78. The van der Waals surface area contributed by atoms with Crippen molar-refractivity contribution in [2.45, 2.75) is 63.6 Å². The Morgan fingerprint density at radius 3 is 2.40 bits per heavy atom. The molecule has 2 amide bonds. The fourth-order valence-electron chi connectivity index (χ4n) is 5.35. The topological polar surface area (TPSA) is 87.2 Å². The maximum Gasteiger partial charge on any atom is 0.410 e. The van der Waals surface area contributed by atoms with Crippen LogP contribution < -0.4 is 0 Å². The molecule has 3 fully saturated rings. The Balaban J connectivity index is 1.51. The van der Waals surface area contributed by atoms with E-state index in [-0.39, 0.29) is 12.5 Å². The molecule has 1 N–H and O–H groups in total. The number of rotatable bonds is 4. The van der Waals surface area contributed by atoms with Crippen molar-refractivity contribution in [1.29, 1.82) is 0 Å². The first kappa shape index (κ1) is 20.7. The number of benzene rings is 1. The van der Waals surface area contributed by atoms with E-state index in [0.29, 0.717) is 44.2 Å². The number of carbonyl (C=O) groups excluding carboxylic acids is 2. The molecule has 7 heteroatoms. The van der Waals surface area contributed by atoms with Crippen LogP contribution in [0.15, 0.2) is 30.3 Å². The molecule has 2 aliphatic heterocycles. The maximum atomic E-state index is 13.4. The second kappa shape index (κ2) is 9.06. The zero-order chi connectivity index (χ0) is 21.1. The van der Waals surface area contributed by atoms with Crippen LogP contribution in [-0.4, -0.2) is 58.0 Å². The predicted molar refractivity (Wildman–Crippen MR) is 110 cm³/mol. The lowest BCUT2D eigenvalue weighted by Gasteiger charge is -2.45. The van der Waals surface area contributed by atoms with E-state index in [1.54, 1.807) is 4.90 Å². The van der Waals surface area contributed by atoms with Crippen LogP contribution >= 0.6 is 0 Å². The number of hydrogen-bond acceptors (Lipinski definition) is 4. The Hall–Kier alpha value is -2.57. The van der Waals surface area contributed by atoms with Crippen LogP contribution in [0, 0.1) is 11.8 Å². The van der Waals surface area contributed by atoms with E-state index >= 15 is 0 Å². The number of amides is 2. The molecule has 1 aromatic carbocycles. The predicted octanol–water partition coefficient (Wildman–Crippen LogP) is 3.28. The van der Waals surface area contributed by atoms with Gasteiger partial charge in [-0.25, -0.2) is 9.59 Å². The number of nitrogens with zero attached hydrogens (tertiary/aromatic N) is 2. The molecule has 0 unspecified atom stereocenters. The molecule has 0 bridgehead atoms. The van der Waals surface area contributed by atoms with Crippen molar-refractivity contribution in [1.82, 2.24) is 9.80 Å². The van der Waals surface area contributed by atoms with E-state index in [0.717, 1.165) is 31.2 Å². The minimum Gasteiger partial charge on any atom is -0.480 e. The van der Waals surface area contributed by atoms with E-state index in [1.165, 1.54) is 4.90 Å². The highest BCUT2D eigenvalue weighted by Crippen LogP contribution is 2.39. The highest BCUT2D eigenvalue weighted by Gasteiger charge is 2.46. The minimum absolute atomic E-state index is 0.159. The molecule has 30 heavy (non-hydrogen) atoms. The fraction of sp³-hybridized carbons (Fsp3) is 0.609. The second-order valence-corrected chi connectivity index (χ2v) is 8.78. The molecule has 0 radical (unpaired) electrons. The van der Waals surface area contributed by atoms with Gasteiger partial charge in [0.25, 0.3) is 0 Å². The summed E-state index contributed by atoms with van der Waals surface area (Å²) in [6, 6.07) is 8.06. The van der Waals surface area contributed by atoms with Crippen molar-refractivity contribution >= 4 is 18.0 Å². The normalized spacial score (nSPS) is 28.7. The fourth-order valence-corrected chi connectivity index (χ4v) is 5.35. The number of carboxylic acid groups (broad SMARTS) is 1. The number of carboxylic acids is 1. The number of fused-ring (bicyclic) bond motifs is 1. The van der Waals surface area contributed by atoms with Crippen LogP contribution in [0.1, 0.15) is 50.5 Å². The Bertz CT molecular complexity index is 783. The maximum absolute atomic E-state index is 13.4. The lowest BCUT2D eigenvalue weighted by atomic mass is 9.73. The van der Waals surface area contributed by atoms with Gasteiger partial charge in [0.2, 0.25) is 5.91 Å². The molecule has 3 aliphatic rings. The molecule has 7 nitrogen and oxygen atoms in total. The van der Waals surface area contributed by atoms with Crippen molar-refractivity contribution in [3.63, 3.8) is 0 Å². The average molecular weight is 415 g/mol. The average Bonchev–Trinajstić information content (AvgIpc) is 3.27. The van der Waals surface area contributed by atoms with Gasteiger partial charge in [-0.05, 0) is 43.1 Å². The summed E-state index contributed by atoms with van der Waals surface area (Å²) in [7, 11) is 0. The first-order valence-corrected chi connectivity index (χ1v) is 11.0. The summed E-state index contributed by atoms with van der Waals surface area (Å²) in [6.07, 6.45) is 5.72. The summed E-state index contributed by atoms with van der Waals surface area (Å²) in [5.74, 6) is -0.399. The minimum atomic E-state index is -0.967. The number of ether oxygens (including phenoxy) is 1. The van der Waals surface area contributed by atoms with Crippen LogP contribution in [0.5, 0.6) is 0 Å². The Kier molecular flexibility index (Phi) is 6.25. The van der Waals surface area contributed by atoms with Crippen molar-refractivity contribution in [3.05, 3.63) is 35.9 Å². The molecule has 0 aromatic heterocycles. The largest absolute Gasteiger partial charge is 0.480 e. The van der Waals surface area contributed by atoms with Crippen molar-refractivity contribution in [2.24, 2.45) is 11.8 Å². The van der Waals surface area contributed by atoms with Gasteiger partial charge in [-0.1, -0.05) is 49.6 Å². The number of carbonyl (C=O) groups is 3. The van der Waals surface area contributed by atoms with Gasteiger partial charge in [0.1, 0.15) is 18.7 Å². The Morgan fingerprint density at radius 1 is 0.933 bits per heavy atom. The summed E-state index contributed by atoms with van der Waals surface area (Å²) in [6.45, 7) is 1.11. The molecule has 2 heterocycles. The standard InChI is InChI=1S/C23H30N2O5/c26-21(24-12-6-11-19(24)22(27)28)20-13-17-9-4-5-10-18(17)14-25(20)23(29)30-15-16-7-2-1-3-8-16/h1-3,7-8,17-20H,4-6,9-15H2,(H,27,28)/t17-,18+,19-,20+/m0/s1. The van der Waals surface area contributed by atoms with E-state index in [9.17, 15) is 19.5 Å². The molecular weight excluding hydrogens is 384 g/mol. The highest BCUT2D eigenvalue weighted by molar-refractivity contribution is 5.90. The summed E-state index contributed by atoms with van der Waals surface area (Å²) >= 11 is 0. The first-order valence-electron chi connectivity index (χ1n) is 11.0. The summed E-state index contributed by atoms with van der Waals surface area (Å²) in [5, 5.41) is 9.50.